The molecule has 0 aliphatic carbocycles. The van der Waals surface area contributed by atoms with Gasteiger partial charge in [0.15, 0.2) is 0 Å². The number of nitrogens with zero attached hydrogens (tertiary/aromatic N) is 2. The minimum atomic E-state index is -3.71. The Morgan fingerprint density at radius 1 is 1.04 bits per heavy atom. The summed E-state index contributed by atoms with van der Waals surface area (Å²) in [5, 5.41) is 0. The molecule has 0 atom stereocenters. The maximum Gasteiger partial charge on any atom is 0.249 e. The second-order valence-electron chi connectivity index (χ2n) is 6.21. The molecule has 138 valence electrons. The summed E-state index contributed by atoms with van der Waals surface area (Å²) in [6, 6.07) is 10.5. The lowest BCUT2D eigenvalue weighted by molar-refractivity contribution is 0.0999. The molecule has 1 saturated heterocycles. The third kappa shape index (κ3) is 3.56. The SMILES string of the molecule is Cc1ccc(S(=O)(=O)N2CCN(c3ccc(F)cc3)CC2)cc1C(N)=O. The molecule has 0 spiro atoms. The van der Waals surface area contributed by atoms with Gasteiger partial charge in [-0.2, -0.15) is 4.31 Å². The number of carbonyl (C=O) groups is 1. The number of carbonyl (C=O) groups excluding carboxylic acids is 1. The Morgan fingerprint density at radius 3 is 2.23 bits per heavy atom. The summed E-state index contributed by atoms with van der Waals surface area (Å²) >= 11 is 0. The van der Waals surface area contributed by atoms with Crippen molar-refractivity contribution < 1.29 is 17.6 Å². The number of anilines is 1. The number of aryl methyl sites for hydroxylation is 1. The van der Waals surface area contributed by atoms with Crippen LogP contribution in [0, 0.1) is 12.7 Å². The van der Waals surface area contributed by atoms with Crippen LogP contribution in [-0.4, -0.2) is 44.8 Å². The van der Waals surface area contributed by atoms with Crippen LogP contribution in [0.2, 0.25) is 0 Å². The zero-order valence-corrected chi connectivity index (χ0v) is 15.2. The van der Waals surface area contributed by atoms with Gasteiger partial charge in [-0.1, -0.05) is 6.07 Å². The molecule has 0 radical (unpaired) electrons. The van der Waals surface area contributed by atoms with Gasteiger partial charge in [0.25, 0.3) is 0 Å². The first-order valence-electron chi connectivity index (χ1n) is 8.20. The lowest BCUT2D eigenvalue weighted by Gasteiger charge is -2.35. The summed E-state index contributed by atoms with van der Waals surface area (Å²) in [5.41, 5.74) is 7.02. The van der Waals surface area contributed by atoms with Crippen LogP contribution in [0.15, 0.2) is 47.4 Å². The maximum absolute atomic E-state index is 13.0. The van der Waals surface area contributed by atoms with E-state index in [9.17, 15) is 17.6 Å². The first-order valence-corrected chi connectivity index (χ1v) is 9.64. The molecule has 1 aliphatic rings. The Balaban J connectivity index is 1.77. The van der Waals surface area contributed by atoms with E-state index in [-0.39, 0.29) is 16.3 Å². The monoisotopic (exact) mass is 377 g/mol. The van der Waals surface area contributed by atoms with Crippen molar-refractivity contribution in [1.82, 2.24) is 4.31 Å². The van der Waals surface area contributed by atoms with E-state index in [4.69, 9.17) is 5.73 Å². The van der Waals surface area contributed by atoms with Gasteiger partial charge in [-0.3, -0.25) is 4.79 Å². The first-order chi connectivity index (χ1) is 12.3. The fourth-order valence-corrected chi connectivity index (χ4v) is 4.46. The first kappa shape index (κ1) is 18.3. The van der Waals surface area contributed by atoms with E-state index in [1.807, 2.05) is 4.90 Å². The fourth-order valence-electron chi connectivity index (χ4n) is 3.01. The van der Waals surface area contributed by atoms with E-state index in [1.54, 1.807) is 25.1 Å². The van der Waals surface area contributed by atoms with Gasteiger partial charge in [0.1, 0.15) is 5.82 Å². The molecular weight excluding hydrogens is 357 g/mol. The molecule has 1 fully saturated rings. The maximum atomic E-state index is 13.0. The Kier molecular flexibility index (Phi) is 4.97. The van der Waals surface area contributed by atoms with Gasteiger partial charge in [0, 0.05) is 37.4 Å². The van der Waals surface area contributed by atoms with E-state index in [0.29, 0.717) is 31.7 Å². The number of primary amides is 1. The van der Waals surface area contributed by atoms with Crippen LogP contribution in [0.4, 0.5) is 10.1 Å². The highest BCUT2D eigenvalue weighted by molar-refractivity contribution is 7.89. The molecule has 2 aromatic carbocycles. The van der Waals surface area contributed by atoms with Crippen LogP contribution in [0.5, 0.6) is 0 Å². The molecule has 0 bridgehead atoms. The molecule has 1 amide bonds. The Morgan fingerprint density at radius 2 is 1.65 bits per heavy atom. The van der Waals surface area contributed by atoms with Crippen LogP contribution in [0.1, 0.15) is 15.9 Å². The number of halogens is 1. The number of amides is 1. The van der Waals surface area contributed by atoms with Gasteiger partial charge in [-0.05, 0) is 48.9 Å². The smallest absolute Gasteiger partial charge is 0.249 e. The summed E-state index contributed by atoms with van der Waals surface area (Å²) in [6.45, 7) is 3.32. The Hall–Kier alpha value is -2.45. The van der Waals surface area contributed by atoms with E-state index in [1.165, 1.54) is 28.6 Å². The van der Waals surface area contributed by atoms with Gasteiger partial charge in [-0.25, -0.2) is 12.8 Å². The van der Waals surface area contributed by atoms with Gasteiger partial charge in [-0.15, -0.1) is 0 Å². The topological polar surface area (TPSA) is 83.7 Å². The summed E-state index contributed by atoms with van der Waals surface area (Å²) in [5.74, 6) is -0.958. The molecule has 8 heteroatoms. The summed E-state index contributed by atoms with van der Waals surface area (Å²) in [7, 11) is -3.71. The average molecular weight is 377 g/mol. The van der Waals surface area contributed by atoms with Crippen LogP contribution >= 0.6 is 0 Å². The van der Waals surface area contributed by atoms with Crippen molar-refractivity contribution in [3.63, 3.8) is 0 Å². The predicted octanol–water partition coefficient (Wildman–Crippen LogP) is 1.74. The minimum Gasteiger partial charge on any atom is -0.369 e. The lowest BCUT2D eigenvalue weighted by atomic mass is 10.1. The summed E-state index contributed by atoms with van der Waals surface area (Å²) in [6.07, 6.45) is 0. The lowest BCUT2D eigenvalue weighted by Crippen LogP contribution is -2.48. The normalized spacial score (nSPS) is 15.8. The van der Waals surface area contributed by atoms with Crippen LogP contribution in [-0.2, 0) is 10.0 Å². The van der Waals surface area contributed by atoms with Crippen molar-refractivity contribution >= 4 is 21.6 Å². The average Bonchev–Trinajstić information content (AvgIpc) is 2.62. The third-order valence-corrected chi connectivity index (χ3v) is 6.44. The zero-order chi connectivity index (χ0) is 18.9. The molecule has 1 heterocycles. The van der Waals surface area contributed by atoms with E-state index < -0.39 is 15.9 Å². The van der Waals surface area contributed by atoms with Gasteiger partial charge in [0.2, 0.25) is 15.9 Å². The van der Waals surface area contributed by atoms with Crippen molar-refractivity contribution in [2.45, 2.75) is 11.8 Å². The number of piperazine rings is 1. The summed E-state index contributed by atoms with van der Waals surface area (Å²) in [4.78, 5) is 13.6. The molecule has 1 aliphatic heterocycles. The Bertz CT molecular complexity index is 921. The van der Waals surface area contributed by atoms with Crippen molar-refractivity contribution in [1.29, 1.82) is 0 Å². The zero-order valence-electron chi connectivity index (χ0n) is 14.4. The highest BCUT2D eigenvalue weighted by Crippen LogP contribution is 2.23. The van der Waals surface area contributed by atoms with E-state index >= 15 is 0 Å². The molecule has 26 heavy (non-hydrogen) atoms. The second-order valence-corrected chi connectivity index (χ2v) is 8.15. The number of sulfonamides is 1. The third-order valence-electron chi connectivity index (χ3n) is 4.54. The van der Waals surface area contributed by atoms with Gasteiger partial charge < -0.3 is 10.6 Å². The molecule has 6 nitrogen and oxygen atoms in total. The largest absolute Gasteiger partial charge is 0.369 e. The van der Waals surface area contributed by atoms with Crippen LogP contribution < -0.4 is 10.6 Å². The molecule has 0 saturated carbocycles. The van der Waals surface area contributed by atoms with Gasteiger partial charge in [0.05, 0.1) is 4.90 Å². The molecule has 3 rings (SSSR count). The van der Waals surface area contributed by atoms with Crippen molar-refractivity contribution in [2.24, 2.45) is 5.73 Å². The van der Waals surface area contributed by atoms with Crippen LogP contribution in [0.3, 0.4) is 0 Å². The highest BCUT2D eigenvalue weighted by Gasteiger charge is 2.29. The predicted molar refractivity (Wildman–Crippen MR) is 97.1 cm³/mol. The summed E-state index contributed by atoms with van der Waals surface area (Å²) < 4.78 is 40.2. The van der Waals surface area contributed by atoms with E-state index in [0.717, 1.165) is 5.69 Å². The minimum absolute atomic E-state index is 0.0622. The molecule has 0 unspecified atom stereocenters. The van der Waals surface area contributed by atoms with E-state index in [2.05, 4.69) is 0 Å². The standard InChI is InChI=1S/C18H20FN3O3S/c1-13-2-7-16(12-17(13)18(20)23)26(24,25)22-10-8-21(9-11-22)15-5-3-14(19)4-6-15/h2-7,12H,8-11H2,1H3,(H2,20,23). The molecule has 2 N–H and O–H groups in total. The number of nitrogens with two attached hydrogens (primary N) is 1. The number of hydrogen-bond donors (Lipinski definition) is 1. The van der Waals surface area contributed by atoms with Crippen LogP contribution in [0.25, 0.3) is 0 Å². The second kappa shape index (κ2) is 7.05. The van der Waals surface area contributed by atoms with Crippen molar-refractivity contribution in [3.8, 4) is 0 Å². The molecule has 0 aromatic heterocycles. The fraction of sp³-hybridized carbons (Fsp3) is 0.278. The number of hydrogen-bond acceptors (Lipinski definition) is 4. The Labute approximate surface area is 152 Å². The number of benzene rings is 2. The van der Waals surface area contributed by atoms with Crippen molar-refractivity contribution in [3.05, 3.63) is 59.4 Å². The number of rotatable bonds is 4. The quantitative estimate of drug-likeness (QED) is 0.880. The molecule has 2 aromatic rings. The van der Waals surface area contributed by atoms with Gasteiger partial charge >= 0.3 is 0 Å². The highest BCUT2D eigenvalue weighted by atomic mass is 32.2. The molecular formula is C18H20FN3O3S. The van der Waals surface area contributed by atoms with Crippen molar-refractivity contribution in [2.75, 3.05) is 31.1 Å².